The molecule has 1 unspecified atom stereocenters. The van der Waals surface area contributed by atoms with Crippen molar-refractivity contribution in [2.45, 2.75) is 44.8 Å². The molecule has 0 amide bonds. The predicted octanol–water partition coefficient (Wildman–Crippen LogP) is 2.01. The van der Waals surface area contributed by atoms with Gasteiger partial charge in [-0.3, -0.25) is 0 Å². The molecule has 1 fully saturated rings. The molecule has 1 N–H and O–H groups in total. The molecule has 5 heteroatoms. The number of hydrogen-bond acceptors (Lipinski definition) is 5. The van der Waals surface area contributed by atoms with Gasteiger partial charge in [0.1, 0.15) is 11.4 Å². The summed E-state index contributed by atoms with van der Waals surface area (Å²) in [5, 5.41) is 3.17. The molecule has 0 aliphatic carbocycles. The molecule has 19 heavy (non-hydrogen) atoms. The number of ether oxygens (including phenoxy) is 2. The number of aromatic nitrogens is 2. The second-order valence-corrected chi connectivity index (χ2v) is 5.41. The van der Waals surface area contributed by atoms with E-state index < -0.39 is 0 Å². The zero-order chi connectivity index (χ0) is 13.3. The van der Waals surface area contributed by atoms with Crippen molar-refractivity contribution in [3.05, 3.63) is 17.1 Å². The number of nitrogens with zero attached hydrogens (tertiary/aromatic N) is 2. The van der Waals surface area contributed by atoms with Crippen LogP contribution in [0, 0.1) is 0 Å². The van der Waals surface area contributed by atoms with Crippen LogP contribution in [0.4, 0.5) is 5.82 Å². The van der Waals surface area contributed by atoms with Gasteiger partial charge in [0.25, 0.3) is 0 Å². The van der Waals surface area contributed by atoms with Gasteiger partial charge < -0.3 is 14.8 Å². The van der Waals surface area contributed by atoms with Crippen molar-refractivity contribution in [1.29, 1.82) is 0 Å². The minimum Gasteiger partial charge on any atom is -0.376 e. The van der Waals surface area contributed by atoms with Gasteiger partial charge in [-0.15, -0.1) is 0 Å². The molecule has 1 atom stereocenters. The van der Waals surface area contributed by atoms with Gasteiger partial charge in [0.2, 0.25) is 0 Å². The normalized spacial score (nSPS) is 26.8. The molecule has 3 rings (SSSR count). The minimum atomic E-state index is -0.336. The summed E-state index contributed by atoms with van der Waals surface area (Å²) in [6, 6.07) is 0. The van der Waals surface area contributed by atoms with Gasteiger partial charge in [-0.05, 0) is 26.2 Å². The van der Waals surface area contributed by atoms with Crippen LogP contribution in [0.15, 0.2) is 0 Å². The van der Waals surface area contributed by atoms with E-state index in [1.807, 2.05) is 7.05 Å². The average Bonchev–Trinajstić information content (AvgIpc) is 2.47. The van der Waals surface area contributed by atoms with Gasteiger partial charge in [0.05, 0.1) is 18.9 Å². The Morgan fingerprint density at radius 2 is 2.11 bits per heavy atom. The second-order valence-electron chi connectivity index (χ2n) is 5.41. The summed E-state index contributed by atoms with van der Waals surface area (Å²) in [7, 11) is 1.89. The van der Waals surface area contributed by atoms with Crippen LogP contribution in [0.1, 0.15) is 43.3 Å². The van der Waals surface area contributed by atoms with Crippen LogP contribution >= 0.6 is 0 Å². The van der Waals surface area contributed by atoms with Crippen molar-refractivity contribution in [3.8, 4) is 0 Å². The molecule has 0 bridgehead atoms. The minimum absolute atomic E-state index is 0.336. The molecule has 5 nitrogen and oxygen atoms in total. The maximum atomic E-state index is 5.96. The van der Waals surface area contributed by atoms with Crippen LogP contribution in [0.2, 0.25) is 0 Å². The van der Waals surface area contributed by atoms with E-state index in [0.29, 0.717) is 6.61 Å². The third-order valence-corrected chi connectivity index (χ3v) is 4.00. The highest BCUT2D eigenvalue weighted by Gasteiger charge is 2.34. The van der Waals surface area contributed by atoms with Crippen molar-refractivity contribution in [1.82, 2.24) is 9.97 Å². The molecule has 1 aromatic heterocycles. The zero-order valence-electron chi connectivity index (χ0n) is 11.7. The van der Waals surface area contributed by atoms with E-state index >= 15 is 0 Å². The molecule has 2 aliphatic heterocycles. The molecule has 0 saturated carbocycles. The Kier molecular flexibility index (Phi) is 3.41. The smallest absolute Gasteiger partial charge is 0.162 e. The first-order valence-corrected chi connectivity index (χ1v) is 7.03. The lowest BCUT2D eigenvalue weighted by atomic mass is 9.94. The lowest BCUT2D eigenvalue weighted by Crippen LogP contribution is -2.33. The predicted molar refractivity (Wildman–Crippen MR) is 72.1 cm³/mol. The summed E-state index contributed by atoms with van der Waals surface area (Å²) in [5.41, 5.74) is 1.87. The molecule has 3 heterocycles. The summed E-state index contributed by atoms with van der Waals surface area (Å²) in [5.74, 6) is 1.70. The maximum absolute atomic E-state index is 5.96. The molecule has 2 aliphatic rings. The van der Waals surface area contributed by atoms with Gasteiger partial charge in [-0.2, -0.15) is 0 Å². The van der Waals surface area contributed by atoms with Crippen molar-refractivity contribution < 1.29 is 9.47 Å². The van der Waals surface area contributed by atoms with Gasteiger partial charge in [0.15, 0.2) is 5.82 Å². The summed E-state index contributed by atoms with van der Waals surface area (Å²) >= 11 is 0. The Balaban J connectivity index is 2.02. The molecule has 1 aromatic rings. The topological polar surface area (TPSA) is 56.3 Å². The molecular weight excluding hydrogens is 242 g/mol. The molecular formula is C14H21N3O2. The van der Waals surface area contributed by atoms with Crippen molar-refractivity contribution in [2.75, 3.05) is 25.6 Å². The maximum Gasteiger partial charge on any atom is 0.162 e. The highest BCUT2D eigenvalue weighted by Crippen LogP contribution is 2.34. The van der Waals surface area contributed by atoms with E-state index in [9.17, 15) is 0 Å². The largest absolute Gasteiger partial charge is 0.376 e. The van der Waals surface area contributed by atoms with Crippen LogP contribution in [0.3, 0.4) is 0 Å². The lowest BCUT2D eigenvalue weighted by Gasteiger charge is -2.33. The Labute approximate surface area is 113 Å². The fourth-order valence-corrected chi connectivity index (χ4v) is 2.79. The summed E-state index contributed by atoms with van der Waals surface area (Å²) in [4.78, 5) is 9.43. The zero-order valence-corrected chi connectivity index (χ0v) is 11.7. The molecule has 0 aromatic carbocycles. The van der Waals surface area contributed by atoms with Crippen molar-refractivity contribution >= 4 is 5.82 Å². The number of fused-ring (bicyclic) bond motifs is 1. The highest BCUT2D eigenvalue weighted by atomic mass is 16.5. The third-order valence-electron chi connectivity index (χ3n) is 4.00. The van der Waals surface area contributed by atoms with Crippen LogP contribution in [0.5, 0.6) is 0 Å². The lowest BCUT2D eigenvalue weighted by molar-refractivity contribution is -0.0762. The first-order chi connectivity index (χ1) is 9.23. The van der Waals surface area contributed by atoms with Gasteiger partial charge in [0, 0.05) is 25.6 Å². The van der Waals surface area contributed by atoms with Crippen LogP contribution < -0.4 is 5.32 Å². The van der Waals surface area contributed by atoms with E-state index in [4.69, 9.17) is 14.5 Å². The van der Waals surface area contributed by atoms with Gasteiger partial charge in [-0.1, -0.05) is 0 Å². The number of hydrogen-bond donors (Lipinski definition) is 1. The Morgan fingerprint density at radius 1 is 1.21 bits per heavy atom. The highest BCUT2D eigenvalue weighted by molar-refractivity contribution is 5.47. The summed E-state index contributed by atoms with van der Waals surface area (Å²) < 4.78 is 11.5. The molecule has 0 radical (unpaired) electrons. The first-order valence-electron chi connectivity index (χ1n) is 7.03. The van der Waals surface area contributed by atoms with E-state index in [1.54, 1.807) is 0 Å². The molecule has 104 valence electrons. The van der Waals surface area contributed by atoms with Crippen LogP contribution in [0.25, 0.3) is 0 Å². The molecule has 1 saturated heterocycles. The fraction of sp³-hybridized carbons (Fsp3) is 0.714. The van der Waals surface area contributed by atoms with Crippen LogP contribution in [-0.4, -0.2) is 30.2 Å². The number of nitrogens with one attached hydrogen (secondary N) is 1. The second kappa shape index (κ2) is 5.06. The van der Waals surface area contributed by atoms with Crippen LogP contribution in [-0.2, 0) is 28.1 Å². The van der Waals surface area contributed by atoms with E-state index in [1.165, 1.54) is 6.42 Å². The Hall–Kier alpha value is -1.20. The summed E-state index contributed by atoms with van der Waals surface area (Å²) in [6.45, 7) is 4.25. The first kappa shape index (κ1) is 12.8. The van der Waals surface area contributed by atoms with Gasteiger partial charge in [-0.25, -0.2) is 9.97 Å². The monoisotopic (exact) mass is 263 g/mol. The SMILES string of the molecule is CNc1nc(C2(C)CCCCO2)nc2c1COCC2. The number of rotatable bonds is 2. The number of anilines is 1. The van der Waals surface area contributed by atoms with Crippen molar-refractivity contribution in [2.24, 2.45) is 0 Å². The van der Waals surface area contributed by atoms with E-state index in [0.717, 1.165) is 55.4 Å². The quantitative estimate of drug-likeness (QED) is 0.884. The van der Waals surface area contributed by atoms with Gasteiger partial charge >= 0.3 is 0 Å². The van der Waals surface area contributed by atoms with Crippen molar-refractivity contribution in [3.63, 3.8) is 0 Å². The standard InChI is InChI=1S/C14H21N3O2/c1-14(6-3-4-7-19-14)13-16-11-5-8-18-9-10(11)12(15-2)17-13/h3-9H2,1-2H3,(H,15,16,17). The Morgan fingerprint density at radius 3 is 2.84 bits per heavy atom. The average molecular weight is 263 g/mol. The summed E-state index contributed by atoms with van der Waals surface area (Å²) in [6.07, 6.45) is 4.16. The third kappa shape index (κ3) is 2.32. The van der Waals surface area contributed by atoms with E-state index in [2.05, 4.69) is 17.2 Å². The van der Waals surface area contributed by atoms with E-state index in [-0.39, 0.29) is 5.60 Å². The fourth-order valence-electron chi connectivity index (χ4n) is 2.79. The molecule has 0 spiro atoms. The Bertz CT molecular complexity index is 453.